The summed E-state index contributed by atoms with van der Waals surface area (Å²) in [5, 5.41) is 0.778. The molecule has 3 rings (SSSR count). The van der Waals surface area contributed by atoms with E-state index in [-0.39, 0.29) is 42.6 Å². The molecule has 0 aliphatic carbocycles. The Labute approximate surface area is 201 Å². The Morgan fingerprint density at radius 2 is 1.17 bits per heavy atom. The first-order valence-electron chi connectivity index (χ1n) is 11.2. The zero-order valence-corrected chi connectivity index (χ0v) is 19.9. The number of carbonyl (C=O) groups is 6. The number of unbranched alkanes of at least 4 members (excludes halogenated alkanes) is 1. The predicted octanol–water partition coefficient (Wildman–Crippen LogP) is 0.993. The number of hydroxylamine groups is 4. The Bertz CT molecular complexity index is 961. The molecule has 2 aliphatic heterocycles. The Morgan fingerprint density at radius 1 is 0.743 bits per heavy atom. The van der Waals surface area contributed by atoms with E-state index in [1.54, 1.807) is 0 Å². The van der Waals surface area contributed by atoms with Crippen molar-refractivity contribution in [1.29, 1.82) is 0 Å². The van der Waals surface area contributed by atoms with Crippen molar-refractivity contribution in [3.8, 4) is 5.75 Å². The number of hydrogen-bond donors (Lipinski definition) is 0. The summed E-state index contributed by atoms with van der Waals surface area (Å²) in [6.07, 6.45) is 1.29. The topological polar surface area (TPSA) is 137 Å². The summed E-state index contributed by atoms with van der Waals surface area (Å²) in [6, 6.07) is 3.71. The Kier molecular flexibility index (Phi) is 7.85. The number of ether oxygens (including phenoxy) is 1. The number of nitrogens with zero attached hydrogens (tertiary/aromatic N) is 3. The van der Waals surface area contributed by atoms with E-state index >= 15 is 0 Å². The second-order valence-corrected chi connectivity index (χ2v) is 9.24. The Balaban J connectivity index is 1.76. The van der Waals surface area contributed by atoms with E-state index in [2.05, 4.69) is 21.1 Å². The highest BCUT2D eigenvalue weighted by molar-refractivity contribution is 6.04. The Hall–Kier alpha value is -3.80. The normalized spacial score (nSPS) is 16.2. The molecule has 188 valence electrons. The molecule has 0 radical (unpaired) electrons. The zero-order chi connectivity index (χ0) is 25.8. The molecule has 2 aliphatic rings. The van der Waals surface area contributed by atoms with Crippen LogP contribution in [0, 0.1) is 0 Å². The largest absolute Gasteiger partial charge is 0.494 e. The Morgan fingerprint density at radius 3 is 1.57 bits per heavy atom. The highest BCUT2D eigenvalue weighted by Crippen LogP contribution is 2.23. The average molecular weight is 490 g/mol. The van der Waals surface area contributed by atoms with E-state index in [9.17, 15) is 28.8 Å². The van der Waals surface area contributed by atoms with Crippen LogP contribution >= 0.6 is 0 Å². The van der Waals surface area contributed by atoms with Crippen molar-refractivity contribution in [2.24, 2.45) is 0 Å². The standard InChI is InChI=1S/C23H28N3O9/c1-26(2,3)10-4-5-11-33-17-13-15(22(31)34-24-18(27)6-7-19(24)28)12-16(14-17)23(32)35-25-20(29)8-9-21(25)30/h12-14H,4-11H2,1-3H3/q+1. The highest BCUT2D eigenvalue weighted by atomic mass is 16.7. The molecular formula is C23H28N3O9+. The van der Waals surface area contributed by atoms with Gasteiger partial charge < -0.3 is 18.9 Å². The molecule has 0 unspecified atom stereocenters. The van der Waals surface area contributed by atoms with Crippen LogP contribution in [-0.2, 0) is 28.9 Å². The summed E-state index contributed by atoms with van der Waals surface area (Å²) in [6.45, 7) is 1.21. The minimum atomic E-state index is -1.06. The lowest BCUT2D eigenvalue weighted by molar-refractivity contribution is -0.870. The lowest BCUT2D eigenvalue weighted by Gasteiger charge is -2.23. The van der Waals surface area contributed by atoms with Gasteiger partial charge in [0.25, 0.3) is 23.6 Å². The number of benzene rings is 1. The quantitative estimate of drug-likeness (QED) is 0.267. The first-order valence-corrected chi connectivity index (χ1v) is 11.2. The van der Waals surface area contributed by atoms with Crippen molar-refractivity contribution in [3.05, 3.63) is 29.3 Å². The number of rotatable bonds is 10. The van der Waals surface area contributed by atoms with Crippen LogP contribution in [0.4, 0.5) is 0 Å². The van der Waals surface area contributed by atoms with E-state index in [1.165, 1.54) is 12.1 Å². The van der Waals surface area contributed by atoms with Crippen molar-refractivity contribution >= 4 is 35.6 Å². The summed E-state index contributed by atoms with van der Waals surface area (Å²) in [5.41, 5.74) is -0.375. The fourth-order valence-electron chi connectivity index (χ4n) is 3.38. The third-order valence-corrected chi connectivity index (χ3v) is 5.23. The molecule has 1 aromatic rings. The van der Waals surface area contributed by atoms with Gasteiger partial charge in [-0.05, 0) is 31.0 Å². The van der Waals surface area contributed by atoms with Crippen LogP contribution in [0.3, 0.4) is 0 Å². The van der Waals surface area contributed by atoms with Crippen LogP contribution in [0.2, 0.25) is 0 Å². The number of hydrogen-bond acceptors (Lipinski definition) is 9. The van der Waals surface area contributed by atoms with Gasteiger partial charge in [-0.3, -0.25) is 19.2 Å². The summed E-state index contributed by atoms with van der Waals surface area (Å²) < 4.78 is 6.50. The third kappa shape index (κ3) is 6.85. The summed E-state index contributed by atoms with van der Waals surface area (Å²) >= 11 is 0. The van der Waals surface area contributed by atoms with Crippen LogP contribution in [0.25, 0.3) is 0 Å². The van der Waals surface area contributed by atoms with E-state index in [4.69, 9.17) is 14.4 Å². The molecule has 0 bridgehead atoms. The van der Waals surface area contributed by atoms with Crippen molar-refractivity contribution in [3.63, 3.8) is 0 Å². The van der Waals surface area contributed by atoms with Gasteiger partial charge >= 0.3 is 11.9 Å². The van der Waals surface area contributed by atoms with Gasteiger partial charge in [-0.1, -0.05) is 0 Å². The maximum atomic E-state index is 12.7. The molecule has 4 amide bonds. The van der Waals surface area contributed by atoms with E-state index in [1.807, 2.05) is 0 Å². The molecular weight excluding hydrogens is 462 g/mol. The van der Waals surface area contributed by atoms with Gasteiger partial charge in [0.05, 0.1) is 45.4 Å². The number of imide groups is 2. The average Bonchev–Trinajstić information content (AvgIpc) is 3.28. The molecule has 0 aromatic heterocycles. The monoisotopic (exact) mass is 490 g/mol. The molecule has 0 spiro atoms. The molecule has 2 fully saturated rings. The van der Waals surface area contributed by atoms with E-state index in [0.717, 1.165) is 23.5 Å². The van der Waals surface area contributed by atoms with Crippen molar-refractivity contribution < 1.29 is 47.7 Å². The molecule has 2 heterocycles. The summed E-state index contributed by atoms with van der Waals surface area (Å²) in [7, 11) is 6.21. The van der Waals surface area contributed by atoms with Crippen LogP contribution < -0.4 is 4.74 Å². The molecule has 35 heavy (non-hydrogen) atoms. The van der Waals surface area contributed by atoms with Gasteiger partial charge in [0, 0.05) is 25.7 Å². The van der Waals surface area contributed by atoms with Crippen molar-refractivity contribution in [1.82, 2.24) is 10.1 Å². The van der Waals surface area contributed by atoms with Gasteiger partial charge in [-0.15, -0.1) is 10.1 Å². The minimum Gasteiger partial charge on any atom is -0.494 e. The highest BCUT2D eigenvalue weighted by Gasteiger charge is 2.35. The maximum absolute atomic E-state index is 12.7. The molecule has 0 saturated carbocycles. The van der Waals surface area contributed by atoms with Gasteiger partial charge in [0.1, 0.15) is 5.75 Å². The fourth-order valence-corrected chi connectivity index (χ4v) is 3.38. The summed E-state index contributed by atoms with van der Waals surface area (Å²) in [4.78, 5) is 82.3. The molecule has 12 nitrogen and oxygen atoms in total. The first-order chi connectivity index (χ1) is 16.4. The third-order valence-electron chi connectivity index (χ3n) is 5.23. The van der Waals surface area contributed by atoms with Crippen LogP contribution in [0.5, 0.6) is 5.75 Å². The van der Waals surface area contributed by atoms with Gasteiger partial charge in [0.15, 0.2) is 0 Å². The van der Waals surface area contributed by atoms with Crippen LogP contribution in [0.15, 0.2) is 18.2 Å². The molecule has 12 heteroatoms. The molecule has 0 N–H and O–H groups in total. The molecule has 1 aromatic carbocycles. The first kappa shape index (κ1) is 25.8. The van der Waals surface area contributed by atoms with Crippen molar-refractivity contribution in [2.45, 2.75) is 38.5 Å². The number of carbonyl (C=O) groups excluding carboxylic acids is 6. The smallest absolute Gasteiger partial charge is 0.364 e. The second-order valence-electron chi connectivity index (χ2n) is 9.24. The maximum Gasteiger partial charge on any atom is 0.364 e. The zero-order valence-electron chi connectivity index (χ0n) is 19.9. The van der Waals surface area contributed by atoms with Gasteiger partial charge in [-0.2, -0.15) is 0 Å². The minimum absolute atomic E-state index is 0.0714. The van der Waals surface area contributed by atoms with Crippen LogP contribution in [0.1, 0.15) is 59.2 Å². The van der Waals surface area contributed by atoms with E-state index < -0.39 is 35.6 Å². The molecule has 2 saturated heterocycles. The van der Waals surface area contributed by atoms with Gasteiger partial charge in [-0.25, -0.2) is 9.59 Å². The second kappa shape index (κ2) is 10.6. The number of quaternary nitrogens is 1. The lowest BCUT2D eigenvalue weighted by atomic mass is 10.1. The predicted molar refractivity (Wildman–Crippen MR) is 117 cm³/mol. The van der Waals surface area contributed by atoms with Crippen molar-refractivity contribution in [2.75, 3.05) is 34.3 Å². The summed E-state index contributed by atoms with van der Waals surface area (Å²) in [5.74, 6) is -4.61. The van der Waals surface area contributed by atoms with Crippen LogP contribution in [-0.4, -0.2) is 84.5 Å². The fraction of sp³-hybridized carbons (Fsp3) is 0.478. The van der Waals surface area contributed by atoms with Gasteiger partial charge in [0.2, 0.25) is 0 Å². The molecule has 0 atom stereocenters. The van der Waals surface area contributed by atoms with E-state index in [0.29, 0.717) is 23.2 Å². The SMILES string of the molecule is C[N+](C)(C)CCCCOc1cc(C(=O)ON2C(=O)CCC2=O)cc(C(=O)ON2C(=O)CCC2=O)c1. The lowest BCUT2D eigenvalue weighted by Crippen LogP contribution is -2.35. The number of amides is 4.